The van der Waals surface area contributed by atoms with Gasteiger partial charge in [0.15, 0.2) is 0 Å². The van der Waals surface area contributed by atoms with Gasteiger partial charge in [0.05, 0.1) is 0 Å². The van der Waals surface area contributed by atoms with Gasteiger partial charge in [0.1, 0.15) is 6.23 Å². The maximum absolute atomic E-state index is 9.57. The predicted molar refractivity (Wildman–Crippen MR) is 46.2 cm³/mol. The summed E-state index contributed by atoms with van der Waals surface area (Å²) in [6.45, 7) is 4.34. The van der Waals surface area contributed by atoms with E-state index in [9.17, 15) is 5.11 Å². The van der Waals surface area contributed by atoms with Crippen molar-refractivity contribution in [2.75, 3.05) is 7.05 Å². The maximum Gasteiger partial charge on any atom is 0.107 e. The molecule has 0 aromatic rings. The SMILES string of the molecule is CCCC(O)N(C)C1CC1C. The van der Waals surface area contributed by atoms with Crippen LogP contribution < -0.4 is 0 Å². The number of aliphatic hydroxyl groups is 1. The fraction of sp³-hybridized carbons (Fsp3) is 1.00. The van der Waals surface area contributed by atoms with Gasteiger partial charge in [-0.05, 0) is 25.8 Å². The van der Waals surface area contributed by atoms with Crippen molar-refractivity contribution in [2.45, 2.75) is 45.4 Å². The fourth-order valence-electron chi connectivity index (χ4n) is 1.55. The summed E-state index contributed by atoms with van der Waals surface area (Å²) in [7, 11) is 2.02. The Morgan fingerprint density at radius 1 is 1.64 bits per heavy atom. The molecule has 0 aromatic carbocycles. The van der Waals surface area contributed by atoms with E-state index in [-0.39, 0.29) is 6.23 Å². The lowest BCUT2D eigenvalue weighted by molar-refractivity contribution is 0.00720. The lowest BCUT2D eigenvalue weighted by Gasteiger charge is -2.22. The standard InChI is InChI=1S/C9H19NO/c1-4-5-9(11)10(3)8-6-7(8)2/h7-9,11H,4-6H2,1-3H3. The summed E-state index contributed by atoms with van der Waals surface area (Å²) in [5, 5.41) is 9.57. The minimum atomic E-state index is -0.213. The van der Waals surface area contributed by atoms with E-state index in [1.807, 2.05) is 7.05 Å². The van der Waals surface area contributed by atoms with Crippen molar-refractivity contribution >= 4 is 0 Å². The largest absolute Gasteiger partial charge is 0.378 e. The first-order valence-electron chi connectivity index (χ1n) is 4.56. The Kier molecular flexibility index (Phi) is 2.90. The zero-order valence-electron chi connectivity index (χ0n) is 7.75. The number of aliphatic hydroxyl groups excluding tert-OH is 1. The smallest absolute Gasteiger partial charge is 0.107 e. The van der Waals surface area contributed by atoms with Crippen LogP contribution in [0.4, 0.5) is 0 Å². The Hall–Kier alpha value is -0.0800. The van der Waals surface area contributed by atoms with E-state index < -0.39 is 0 Å². The second-order valence-corrected chi connectivity index (χ2v) is 3.72. The molecule has 1 aliphatic carbocycles. The normalized spacial score (nSPS) is 32.5. The average molecular weight is 157 g/mol. The Morgan fingerprint density at radius 2 is 2.18 bits per heavy atom. The average Bonchev–Trinajstić information content (AvgIpc) is 2.66. The number of rotatable bonds is 4. The minimum absolute atomic E-state index is 0.213. The van der Waals surface area contributed by atoms with E-state index in [1.165, 1.54) is 6.42 Å². The summed E-state index contributed by atoms with van der Waals surface area (Å²) in [6, 6.07) is 0.650. The second kappa shape index (κ2) is 3.55. The van der Waals surface area contributed by atoms with E-state index in [0.29, 0.717) is 6.04 Å². The fourth-order valence-corrected chi connectivity index (χ4v) is 1.55. The quantitative estimate of drug-likeness (QED) is 0.624. The van der Waals surface area contributed by atoms with Crippen molar-refractivity contribution in [3.63, 3.8) is 0 Å². The van der Waals surface area contributed by atoms with Crippen LogP contribution in [0.1, 0.15) is 33.1 Å². The highest BCUT2D eigenvalue weighted by Crippen LogP contribution is 2.35. The molecule has 0 radical (unpaired) electrons. The monoisotopic (exact) mass is 157 g/mol. The van der Waals surface area contributed by atoms with E-state index in [4.69, 9.17) is 0 Å². The third-order valence-electron chi connectivity index (χ3n) is 2.61. The molecule has 1 rings (SSSR count). The number of hydrogen-bond acceptors (Lipinski definition) is 2. The summed E-state index contributed by atoms with van der Waals surface area (Å²) in [4.78, 5) is 2.11. The molecule has 1 N–H and O–H groups in total. The topological polar surface area (TPSA) is 23.5 Å². The lowest BCUT2D eigenvalue weighted by atomic mass is 10.3. The van der Waals surface area contributed by atoms with Gasteiger partial charge in [-0.2, -0.15) is 0 Å². The third kappa shape index (κ3) is 2.17. The molecular weight excluding hydrogens is 138 g/mol. The molecule has 3 unspecified atom stereocenters. The summed E-state index contributed by atoms with van der Waals surface area (Å²) in [5.41, 5.74) is 0. The summed E-state index contributed by atoms with van der Waals surface area (Å²) < 4.78 is 0. The molecule has 0 aliphatic heterocycles. The van der Waals surface area contributed by atoms with Crippen LogP contribution in [0, 0.1) is 5.92 Å². The van der Waals surface area contributed by atoms with Crippen molar-refractivity contribution in [1.29, 1.82) is 0 Å². The minimum Gasteiger partial charge on any atom is -0.378 e. The van der Waals surface area contributed by atoms with Gasteiger partial charge in [0.2, 0.25) is 0 Å². The van der Waals surface area contributed by atoms with Crippen LogP contribution in [-0.2, 0) is 0 Å². The van der Waals surface area contributed by atoms with Crippen LogP contribution in [0.15, 0.2) is 0 Å². The van der Waals surface area contributed by atoms with Crippen LogP contribution in [0.5, 0.6) is 0 Å². The van der Waals surface area contributed by atoms with Crippen LogP contribution in [0.3, 0.4) is 0 Å². The number of hydrogen-bond donors (Lipinski definition) is 1. The van der Waals surface area contributed by atoms with Gasteiger partial charge in [-0.15, -0.1) is 0 Å². The summed E-state index contributed by atoms with van der Waals surface area (Å²) in [5.74, 6) is 0.798. The van der Waals surface area contributed by atoms with Crippen molar-refractivity contribution in [1.82, 2.24) is 4.90 Å². The first kappa shape index (κ1) is 9.01. The molecule has 0 spiro atoms. The van der Waals surface area contributed by atoms with Gasteiger partial charge in [-0.3, -0.25) is 4.90 Å². The highest BCUT2D eigenvalue weighted by molar-refractivity contribution is 4.91. The molecule has 0 saturated heterocycles. The summed E-state index contributed by atoms with van der Waals surface area (Å²) in [6.07, 6.45) is 3.01. The zero-order chi connectivity index (χ0) is 8.43. The number of nitrogens with zero attached hydrogens (tertiary/aromatic N) is 1. The molecule has 0 aromatic heterocycles. The van der Waals surface area contributed by atoms with Crippen LogP contribution in [0.2, 0.25) is 0 Å². The molecule has 0 amide bonds. The van der Waals surface area contributed by atoms with E-state index in [1.54, 1.807) is 0 Å². The highest BCUT2D eigenvalue weighted by Gasteiger charge is 2.38. The van der Waals surface area contributed by atoms with Gasteiger partial charge in [0.25, 0.3) is 0 Å². The van der Waals surface area contributed by atoms with Gasteiger partial charge < -0.3 is 5.11 Å². The van der Waals surface area contributed by atoms with E-state index in [0.717, 1.165) is 18.8 Å². The highest BCUT2D eigenvalue weighted by atomic mass is 16.3. The lowest BCUT2D eigenvalue weighted by Crippen LogP contribution is -2.33. The van der Waals surface area contributed by atoms with Crippen LogP contribution >= 0.6 is 0 Å². The summed E-state index contributed by atoms with van der Waals surface area (Å²) >= 11 is 0. The molecule has 0 heterocycles. The molecule has 66 valence electrons. The molecule has 1 aliphatic rings. The molecular formula is C9H19NO. The van der Waals surface area contributed by atoms with Gasteiger partial charge in [0, 0.05) is 6.04 Å². The Labute approximate surface area is 69.2 Å². The van der Waals surface area contributed by atoms with Gasteiger partial charge in [-0.1, -0.05) is 20.3 Å². The van der Waals surface area contributed by atoms with Crippen molar-refractivity contribution in [2.24, 2.45) is 5.92 Å². The predicted octanol–water partition coefficient (Wildman–Crippen LogP) is 1.45. The Balaban J connectivity index is 2.23. The van der Waals surface area contributed by atoms with Crippen molar-refractivity contribution < 1.29 is 5.11 Å². The van der Waals surface area contributed by atoms with Gasteiger partial charge >= 0.3 is 0 Å². The molecule has 1 fully saturated rings. The molecule has 1 saturated carbocycles. The van der Waals surface area contributed by atoms with Gasteiger partial charge in [-0.25, -0.2) is 0 Å². The van der Waals surface area contributed by atoms with Crippen LogP contribution in [0.25, 0.3) is 0 Å². The molecule has 11 heavy (non-hydrogen) atoms. The molecule has 2 nitrogen and oxygen atoms in total. The van der Waals surface area contributed by atoms with E-state index in [2.05, 4.69) is 18.7 Å². The Morgan fingerprint density at radius 3 is 2.55 bits per heavy atom. The van der Waals surface area contributed by atoms with Crippen LogP contribution in [-0.4, -0.2) is 29.3 Å². The first-order chi connectivity index (χ1) is 5.16. The zero-order valence-corrected chi connectivity index (χ0v) is 7.75. The first-order valence-corrected chi connectivity index (χ1v) is 4.56. The van der Waals surface area contributed by atoms with Crippen molar-refractivity contribution in [3.8, 4) is 0 Å². The van der Waals surface area contributed by atoms with Crippen molar-refractivity contribution in [3.05, 3.63) is 0 Å². The third-order valence-corrected chi connectivity index (χ3v) is 2.61. The molecule has 2 heteroatoms. The second-order valence-electron chi connectivity index (χ2n) is 3.72. The van der Waals surface area contributed by atoms with E-state index >= 15 is 0 Å². The Bertz CT molecular complexity index is 127. The molecule has 0 bridgehead atoms. The maximum atomic E-state index is 9.57. The molecule has 3 atom stereocenters.